The standard InChI is InChI=1S/C17H19IO4.C2H6S/c18-10-11-20-16-6-8-17(9-7-16)22-13-14(19)12-21-15-4-2-1-3-5-15;1-3-2/h1-9,14,19H,10-13H2;1-2H3. The summed E-state index contributed by atoms with van der Waals surface area (Å²) >= 11 is 4.01. The molecule has 0 aliphatic carbocycles. The zero-order valence-electron chi connectivity index (χ0n) is 14.6. The molecular formula is C19H25IO4S. The average Bonchev–Trinajstić information content (AvgIpc) is 2.65. The van der Waals surface area contributed by atoms with E-state index in [4.69, 9.17) is 14.2 Å². The van der Waals surface area contributed by atoms with Gasteiger partial charge in [0.15, 0.2) is 0 Å². The zero-order valence-corrected chi connectivity index (χ0v) is 17.5. The number of hydrogen-bond donors (Lipinski definition) is 1. The van der Waals surface area contributed by atoms with Crippen molar-refractivity contribution >= 4 is 34.4 Å². The lowest BCUT2D eigenvalue weighted by molar-refractivity contribution is 0.0626. The van der Waals surface area contributed by atoms with Gasteiger partial charge in [0.1, 0.15) is 36.6 Å². The summed E-state index contributed by atoms with van der Waals surface area (Å²) in [4.78, 5) is 0. The lowest BCUT2D eigenvalue weighted by atomic mass is 10.3. The van der Waals surface area contributed by atoms with Gasteiger partial charge < -0.3 is 19.3 Å². The average molecular weight is 476 g/mol. The second-order valence-electron chi connectivity index (χ2n) is 5.01. The van der Waals surface area contributed by atoms with E-state index in [2.05, 4.69) is 22.6 Å². The van der Waals surface area contributed by atoms with Gasteiger partial charge in [-0.25, -0.2) is 0 Å². The van der Waals surface area contributed by atoms with Gasteiger partial charge in [-0.2, -0.15) is 11.8 Å². The number of hydrogen-bond acceptors (Lipinski definition) is 5. The van der Waals surface area contributed by atoms with Crippen LogP contribution in [-0.4, -0.2) is 48.0 Å². The van der Waals surface area contributed by atoms with E-state index in [9.17, 15) is 5.11 Å². The summed E-state index contributed by atoms with van der Waals surface area (Å²) < 4.78 is 17.4. The Morgan fingerprint density at radius 1 is 0.840 bits per heavy atom. The molecule has 0 radical (unpaired) electrons. The van der Waals surface area contributed by atoms with E-state index in [1.54, 1.807) is 11.8 Å². The van der Waals surface area contributed by atoms with E-state index in [0.29, 0.717) is 12.4 Å². The maximum absolute atomic E-state index is 9.87. The second-order valence-corrected chi connectivity index (χ2v) is 6.90. The summed E-state index contributed by atoms with van der Waals surface area (Å²) in [5.41, 5.74) is 0. The molecule has 25 heavy (non-hydrogen) atoms. The Balaban J connectivity index is 0.000000970. The molecule has 0 aromatic heterocycles. The molecule has 1 unspecified atom stereocenters. The molecule has 2 aromatic rings. The fourth-order valence-electron chi connectivity index (χ4n) is 1.74. The third-order valence-corrected chi connectivity index (χ3v) is 3.24. The minimum Gasteiger partial charge on any atom is -0.493 e. The van der Waals surface area contributed by atoms with Crippen molar-refractivity contribution in [3.8, 4) is 17.2 Å². The Morgan fingerprint density at radius 2 is 1.28 bits per heavy atom. The molecule has 0 bridgehead atoms. The summed E-state index contributed by atoms with van der Waals surface area (Å²) in [5, 5.41) is 9.87. The second kappa shape index (κ2) is 14.1. The number of ether oxygens (including phenoxy) is 3. The van der Waals surface area contributed by atoms with Crippen LogP contribution in [0.4, 0.5) is 0 Å². The lowest BCUT2D eigenvalue weighted by Crippen LogP contribution is -2.25. The van der Waals surface area contributed by atoms with Crippen molar-refractivity contribution in [1.82, 2.24) is 0 Å². The van der Waals surface area contributed by atoms with Crippen LogP contribution in [0.25, 0.3) is 0 Å². The highest BCUT2D eigenvalue weighted by atomic mass is 127. The molecular weight excluding hydrogens is 451 g/mol. The summed E-state index contributed by atoms with van der Waals surface area (Å²) in [6.45, 7) is 1.07. The molecule has 0 heterocycles. The molecule has 0 aliphatic heterocycles. The van der Waals surface area contributed by atoms with E-state index in [1.807, 2.05) is 67.1 Å². The van der Waals surface area contributed by atoms with Crippen molar-refractivity contribution in [2.45, 2.75) is 6.10 Å². The van der Waals surface area contributed by atoms with Crippen LogP contribution < -0.4 is 14.2 Å². The van der Waals surface area contributed by atoms with Crippen molar-refractivity contribution in [3.63, 3.8) is 0 Å². The minimum atomic E-state index is -0.685. The van der Waals surface area contributed by atoms with Crippen molar-refractivity contribution < 1.29 is 19.3 Å². The first-order valence-electron chi connectivity index (χ1n) is 7.87. The lowest BCUT2D eigenvalue weighted by Gasteiger charge is -2.14. The number of aliphatic hydroxyl groups excluding tert-OH is 1. The van der Waals surface area contributed by atoms with Crippen molar-refractivity contribution in [2.75, 3.05) is 36.8 Å². The Hall–Kier alpha value is -1.12. The maximum Gasteiger partial charge on any atom is 0.122 e. The number of benzene rings is 2. The molecule has 0 amide bonds. The Kier molecular flexibility index (Phi) is 12.4. The fraction of sp³-hybridized carbons (Fsp3) is 0.368. The Bertz CT molecular complexity index is 551. The number of halogens is 1. The van der Waals surface area contributed by atoms with Crippen LogP contribution in [0.15, 0.2) is 54.6 Å². The molecule has 4 nitrogen and oxygen atoms in total. The van der Waals surface area contributed by atoms with Gasteiger partial charge in [-0.3, -0.25) is 0 Å². The van der Waals surface area contributed by atoms with Crippen molar-refractivity contribution in [1.29, 1.82) is 0 Å². The Morgan fingerprint density at radius 3 is 1.76 bits per heavy atom. The molecule has 2 rings (SSSR count). The highest BCUT2D eigenvalue weighted by Gasteiger charge is 2.06. The smallest absolute Gasteiger partial charge is 0.122 e. The highest BCUT2D eigenvalue weighted by Crippen LogP contribution is 2.18. The van der Waals surface area contributed by atoms with Crippen LogP contribution in [-0.2, 0) is 0 Å². The van der Waals surface area contributed by atoms with Gasteiger partial charge in [-0.15, -0.1) is 0 Å². The quantitative estimate of drug-likeness (QED) is 0.432. The van der Waals surface area contributed by atoms with Crippen LogP contribution >= 0.6 is 34.4 Å². The SMILES string of the molecule is CSC.OC(COc1ccccc1)COc1ccc(OCCI)cc1. The van der Waals surface area contributed by atoms with Crippen LogP contribution in [0.3, 0.4) is 0 Å². The molecule has 6 heteroatoms. The van der Waals surface area contributed by atoms with Gasteiger partial charge in [0.2, 0.25) is 0 Å². The van der Waals surface area contributed by atoms with Crippen LogP contribution in [0.5, 0.6) is 17.2 Å². The van der Waals surface area contributed by atoms with Gasteiger partial charge in [-0.1, -0.05) is 40.8 Å². The van der Waals surface area contributed by atoms with Crippen LogP contribution in [0.2, 0.25) is 0 Å². The Labute approximate surface area is 168 Å². The molecule has 1 atom stereocenters. The number of para-hydroxylation sites is 1. The molecule has 0 aliphatic rings. The van der Waals surface area contributed by atoms with E-state index >= 15 is 0 Å². The van der Waals surface area contributed by atoms with E-state index in [-0.39, 0.29) is 13.2 Å². The first-order chi connectivity index (χ1) is 12.2. The van der Waals surface area contributed by atoms with Gasteiger partial charge in [0.25, 0.3) is 0 Å². The van der Waals surface area contributed by atoms with Gasteiger partial charge in [0, 0.05) is 4.43 Å². The third kappa shape index (κ3) is 10.5. The van der Waals surface area contributed by atoms with Gasteiger partial charge in [0.05, 0.1) is 6.61 Å². The number of rotatable bonds is 9. The largest absolute Gasteiger partial charge is 0.493 e. The summed E-state index contributed by atoms with van der Waals surface area (Å²) in [7, 11) is 0. The first-order valence-corrected chi connectivity index (χ1v) is 11.0. The van der Waals surface area contributed by atoms with Crippen molar-refractivity contribution in [3.05, 3.63) is 54.6 Å². The molecule has 2 aromatic carbocycles. The van der Waals surface area contributed by atoms with Crippen LogP contribution in [0.1, 0.15) is 0 Å². The summed E-state index contributed by atoms with van der Waals surface area (Å²) in [6, 6.07) is 16.8. The fourth-order valence-corrected chi connectivity index (χ4v) is 1.96. The van der Waals surface area contributed by atoms with Gasteiger partial charge in [-0.05, 0) is 48.9 Å². The minimum absolute atomic E-state index is 0.181. The molecule has 0 fully saturated rings. The summed E-state index contributed by atoms with van der Waals surface area (Å²) in [6.07, 6.45) is 3.40. The number of thioether (sulfide) groups is 1. The summed E-state index contributed by atoms with van der Waals surface area (Å²) in [5.74, 6) is 2.25. The predicted molar refractivity (Wildman–Crippen MR) is 114 cm³/mol. The first kappa shape index (κ1) is 21.9. The van der Waals surface area contributed by atoms with Crippen molar-refractivity contribution in [2.24, 2.45) is 0 Å². The predicted octanol–water partition coefficient (Wildman–Crippen LogP) is 4.30. The molecule has 138 valence electrons. The normalized spacial score (nSPS) is 11.0. The molecule has 0 saturated heterocycles. The highest BCUT2D eigenvalue weighted by molar-refractivity contribution is 14.1. The van der Waals surface area contributed by atoms with Gasteiger partial charge >= 0.3 is 0 Å². The molecule has 1 N–H and O–H groups in total. The zero-order chi connectivity index (χ0) is 18.3. The number of alkyl halides is 1. The third-order valence-electron chi connectivity index (χ3n) is 2.80. The van der Waals surface area contributed by atoms with E-state index in [1.165, 1.54) is 0 Å². The topological polar surface area (TPSA) is 47.9 Å². The maximum atomic E-state index is 9.87. The van der Waals surface area contributed by atoms with E-state index in [0.717, 1.165) is 15.9 Å². The van der Waals surface area contributed by atoms with E-state index < -0.39 is 6.10 Å². The molecule has 0 saturated carbocycles. The molecule has 0 spiro atoms. The monoisotopic (exact) mass is 476 g/mol. The van der Waals surface area contributed by atoms with Crippen LogP contribution in [0, 0.1) is 0 Å². The number of aliphatic hydroxyl groups is 1.